The average Bonchev–Trinajstić information content (AvgIpc) is 3.21. The standard InChI is InChI=1S/C15H21ClN2O2/c1-10(19)8-9-17-15(20)18-14(11-2-3-11)12-4-6-13(16)7-5-12/h4-7,10-11,14,19H,2-3,8-9H2,1H3,(H2,17,18,20). The van der Waals surface area contributed by atoms with Crippen LogP contribution < -0.4 is 10.6 Å². The summed E-state index contributed by atoms with van der Waals surface area (Å²) in [6.07, 6.45) is 2.44. The number of carbonyl (C=O) groups is 1. The van der Waals surface area contributed by atoms with E-state index < -0.39 is 6.10 Å². The van der Waals surface area contributed by atoms with Crippen molar-refractivity contribution in [3.63, 3.8) is 0 Å². The second-order valence-corrected chi connectivity index (χ2v) is 5.84. The van der Waals surface area contributed by atoms with Crippen molar-refractivity contribution >= 4 is 17.6 Å². The molecule has 1 saturated carbocycles. The number of benzene rings is 1. The summed E-state index contributed by atoms with van der Waals surface area (Å²) < 4.78 is 0. The fraction of sp³-hybridized carbons (Fsp3) is 0.533. The van der Waals surface area contributed by atoms with E-state index in [1.165, 1.54) is 0 Å². The molecule has 1 aliphatic carbocycles. The highest BCUT2D eigenvalue weighted by Crippen LogP contribution is 2.41. The number of urea groups is 1. The molecule has 1 aromatic carbocycles. The van der Waals surface area contributed by atoms with E-state index in [-0.39, 0.29) is 12.1 Å². The summed E-state index contributed by atoms with van der Waals surface area (Å²) in [5, 5.41) is 15.6. The molecule has 0 radical (unpaired) electrons. The molecule has 1 aliphatic rings. The normalized spacial score (nSPS) is 17.4. The van der Waals surface area contributed by atoms with Crippen LogP contribution in [0.25, 0.3) is 0 Å². The molecule has 3 N–H and O–H groups in total. The number of hydrogen-bond donors (Lipinski definition) is 3. The zero-order valence-electron chi connectivity index (χ0n) is 11.6. The van der Waals surface area contributed by atoms with Crippen LogP contribution in [0.1, 0.15) is 37.8 Å². The maximum atomic E-state index is 11.9. The summed E-state index contributed by atoms with van der Waals surface area (Å²) in [5.74, 6) is 0.513. The lowest BCUT2D eigenvalue weighted by Gasteiger charge is -2.19. The van der Waals surface area contributed by atoms with Gasteiger partial charge in [-0.05, 0) is 49.8 Å². The second kappa shape index (κ2) is 6.95. The minimum Gasteiger partial charge on any atom is -0.393 e. The summed E-state index contributed by atoms with van der Waals surface area (Å²) in [6.45, 7) is 2.18. The molecule has 0 spiro atoms. The van der Waals surface area contributed by atoms with Crippen molar-refractivity contribution in [1.29, 1.82) is 0 Å². The third kappa shape index (κ3) is 4.69. The molecule has 0 bridgehead atoms. The Morgan fingerprint density at radius 2 is 2.05 bits per heavy atom. The monoisotopic (exact) mass is 296 g/mol. The van der Waals surface area contributed by atoms with E-state index in [0.29, 0.717) is 23.9 Å². The lowest BCUT2D eigenvalue weighted by atomic mass is 10.0. The number of halogens is 1. The number of hydrogen-bond acceptors (Lipinski definition) is 2. The Morgan fingerprint density at radius 1 is 1.40 bits per heavy atom. The number of aliphatic hydroxyl groups excluding tert-OH is 1. The second-order valence-electron chi connectivity index (χ2n) is 5.40. The highest BCUT2D eigenvalue weighted by molar-refractivity contribution is 6.30. The lowest BCUT2D eigenvalue weighted by Crippen LogP contribution is -2.39. The van der Waals surface area contributed by atoms with Crippen molar-refractivity contribution < 1.29 is 9.90 Å². The fourth-order valence-electron chi connectivity index (χ4n) is 2.16. The first-order chi connectivity index (χ1) is 9.56. The molecule has 0 heterocycles. The van der Waals surface area contributed by atoms with Crippen molar-refractivity contribution in [2.24, 2.45) is 5.92 Å². The molecule has 0 aliphatic heterocycles. The predicted octanol–water partition coefficient (Wildman–Crippen LogP) is 2.86. The summed E-state index contributed by atoms with van der Waals surface area (Å²) in [4.78, 5) is 11.9. The van der Waals surface area contributed by atoms with Gasteiger partial charge in [-0.15, -0.1) is 0 Å². The molecule has 0 aromatic heterocycles. The van der Waals surface area contributed by atoms with E-state index in [0.717, 1.165) is 18.4 Å². The maximum Gasteiger partial charge on any atom is 0.315 e. The highest BCUT2D eigenvalue weighted by atomic mass is 35.5. The Hall–Kier alpha value is -1.26. The van der Waals surface area contributed by atoms with Gasteiger partial charge in [-0.1, -0.05) is 23.7 Å². The van der Waals surface area contributed by atoms with Gasteiger partial charge in [0.2, 0.25) is 0 Å². The molecule has 1 fully saturated rings. The van der Waals surface area contributed by atoms with Gasteiger partial charge in [0.05, 0.1) is 12.1 Å². The van der Waals surface area contributed by atoms with Crippen LogP contribution in [0, 0.1) is 5.92 Å². The maximum absolute atomic E-state index is 11.9. The lowest BCUT2D eigenvalue weighted by molar-refractivity contribution is 0.183. The zero-order chi connectivity index (χ0) is 14.5. The topological polar surface area (TPSA) is 61.4 Å². The molecule has 110 valence electrons. The minimum absolute atomic E-state index is 0.0406. The van der Waals surface area contributed by atoms with Crippen LogP contribution in [0.4, 0.5) is 4.79 Å². The summed E-state index contributed by atoms with van der Waals surface area (Å²) in [5.41, 5.74) is 1.09. The van der Waals surface area contributed by atoms with Crippen molar-refractivity contribution in [3.05, 3.63) is 34.9 Å². The van der Waals surface area contributed by atoms with Crippen LogP contribution in [0.5, 0.6) is 0 Å². The van der Waals surface area contributed by atoms with Gasteiger partial charge in [-0.2, -0.15) is 0 Å². The molecule has 0 saturated heterocycles. The van der Waals surface area contributed by atoms with E-state index >= 15 is 0 Å². The Kier molecular flexibility index (Phi) is 5.26. The molecular weight excluding hydrogens is 276 g/mol. The smallest absolute Gasteiger partial charge is 0.315 e. The number of aliphatic hydroxyl groups is 1. The van der Waals surface area contributed by atoms with Gasteiger partial charge in [-0.25, -0.2) is 4.79 Å². The Labute approximate surface area is 124 Å². The molecule has 2 atom stereocenters. The van der Waals surface area contributed by atoms with Crippen molar-refractivity contribution in [2.75, 3.05) is 6.54 Å². The molecule has 2 unspecified atom stereocenters. The first kappa shape index (κ1) is 15.1. The van der Waals surface area contributed by atoms with Crippen LogP contribution in [0.15, 0.2) is 24.3 Å². The molecule has 20 heavy (non-hydrogen) atoms. The largest absolute Gasteiger partial charge is 0.393 e. The van der Waals surface area contributed by atoms with Crippen LogP contribution >= 0.6 is 11.6 Å². The third-order valence-corrected chi connectivity index (χ3v) is 3.71. The van der Waals surface area contributed by atoms with Gasteiger partial charge < -0.3 is 15.7 Å². The highest BCUT2D eigenvalue weighted by Gasteiger charge is 2.33. The van der Waals surface area contributed by atoms with Gasteiger partial charge in [0.25, 0.3) is 0 Å². The number of amides is 2. The van der Waals surface area contributed by atoms with Gasteiger partial charge >= 0.3 is 6.03 Å². The number of nitrogens with one attached hydrogen (secondary N) is 2. The average molecular weight is 297 g/mol. The molecule has 2 amide bonds. The molecule has 1 aromatic rings. The van der Waals surface area contributed by atoms with E-state index in [1.54, 1.807) is 6.92 Å². The number of carbonyl (C=O) groups excluding carboxylic acids is 1. The van der Waals surface area contributed by atoms with Crippen LogP contribution in [-0.4, -0.2) is 23.8 Å². The van der Waals surface area contributed by atoms with E-state index in [9.17, 15) is 4.79 Å². The number of rotatable bonds is 6. The molecular formula is C15H21ClN2O2. The van der Waals surface area contributed by atoms with Crippen LogP contribution in [0.2, 0.25) is 5.02 Å². The Bertz CT molecular complexity index is 444. The first-order valence-corrected chi connectivity index (χ1v) is 7.42. The van der Waals surface area contributed by atoms with E-state index in [4.69, 9.17) is 16.7 Å². The van der Waals surface area contributed by atoms with Crippen molar-refractivity contribution in [2.45, 2.75) is 38.3 Å². The molecule has 2 rings (SSSR count). The Balaban J connectivity index is 1.89. The summed E-state index contributed by atoms with van der Waals surface area (Å²) >= 11 is 5.89. The molecule has 5 heteroatoms. The van der Waals surface area contributed by atoms with E-state index in [2.05, 4.69) is 10.6 Å². The van der Waals surface area contributed by atoms with Crippen LogP contribution in [0.3, 0.4) is 0 Å². The minimum atomic E-state index is -0.397. The van der Waals surface area contributed by atoms with E-state index in [1.807, 2.05) is 24.3 Å². The summed E-state index contributed by atoms with van der Waals surface area (Å²) in [6, 6.07) is 7.47. The first-order valence-electron chi connectivity index (χ1n) is 7.04. The van der Waals surface area contributed by atoms with Gasteiger partial charge in [0.1, 0.15) is 0 Å². The van der Waals surface area contributed by atoms with Crippen molar-refractivity contribution in [3.8, 4) is 0 Å². The third-order valence-electron chi connectivity index (χ3n) is 3.46. The van der Waals surface area contributed by atoms with Crippen LogP contribution in [-0.2, 0) is 0 Å². The molecule has 4 nitrogen and oxygen atoms in total. The van der Waals surface area contributed by atoms with Gasteiger partial charge in [0, 0.05) is 11.6 Å². The SMILES string of the molecule is CC(O)CCNC(=O)NC(c1ccc(Cl)cc1)C1CC1. The van der Waals surface area contributed by atoms with Gasteiger partial charge in [0.15, 0.2) is 0 Å². The van der Waals surface area contributed by atoms with Crippen molar-refractivity contribution in [1.82, 2.24) is 10.6 Å². The Morgan fingerprint density at radius 3 is 2.60 bits per heavy atom. The van der Waals surface area contributed by atoms with Gasteiger partial charge in [-0.3, -0.25) is 0 Å². The quantitative estimate of drug-likeness (QED) is 0.756. The summed E-state index contributed by atoms with van der Waals surface area (Å²) in [7, 11) is 0. The fourth-order valence-corrected chi connectivity index (χ4v) is 2.29. The zero-order valence-corrected chi connectivity index (χ0v) is 12.4. The predicted molar refractivity (Wildman–Crippen MR) is 79.7 cm³/mol.